The van der Waals surface area contributed by atoms with Crippen molar-refractivity contribution < 1.29 is 0 Å². The van der Waals surface area contributed by atoms with Gasteiger partial charge in [-0.15, -0.1) is 0 Å². The van der Waals surface area contributed by atoms with Crippen LogP contribution in [0, 0.1) is 5.41 Å². The summed E-state index contributed by atoms with van der Waals surface area (Å²) in [6.07, 6.45) is 0. The molecule has 0 aliphatic rings. The lowest BCUT2D eigenvalue weighted by Crippen LogP contribution is -1.90. The van der Waals surface area contributed by atoms with Gasteiger partial charge in [0.1, 0.15) is 0 Å². The fourth-order valence-corrected chi connectivity index (χ4v) is 0.387. The van der Waals surface area contributed by atoms with Gasteiger partial charge in [-0.25, -0.2) is 5.41 Å². The van der Waals surface area contributed by atoms with Crippen LogP contribution in [0.5, 0.6) is 0 Å². The maximum Gasteiger partial charge on any atom is 0.174 e. The summed E-state index contributed by atoms with van der Waals surface area (Å²) >= 11 is 0. The highest BCUT2D eigenvalue weighted by Crippen LogP contribution is 1.73. The van der Waals surface area contributed by atoms with Crippen molar-refractivity contribution in [2.45, 2.75) is 13.1 Å². The molecule has 0 rings (SSSR count). The molecule has 0 amide bonds. The molecule has 0 saturated heterocycles. The van der Waals surface area contributed by atoms with E-state index < -0.39 is 8.96 Å². The van der Waals surface area contributed by atoms with Gasteiger partial charge in [-0.05, 0) is 0 Å². The summed E-state index contributed by atoms with van der Waals surface area (Å²) in [5.41, 5.74) is 0. The quantitative estimate of drug-likeness (QED) is 0.372. The topological polar surface area (TPSA) is 36.2 Å². The van der Waals surface area contributed by atoms with Crippen LogP contribution in [0.15, 0.2) is 4.66 Å². The van der Waals surface area contributed by atoms with Gasteiger partial charge in [0.05, 0.1) is 6.01 Å². The molecule has 0 radical (unpaired) electrons. The summed E-state index contributed by atoms with van der Waals surface area (Å²) in [5.74, 6) is 0. The summed E-state index contributed by atoms with van der Waals surface area (Å²) in [6, 6.07) is 2.00. The minimum Gasteiger partial charge on any atom is -0.271 e. The van der Waals surface area contributed by atoms with Crippen LogP contribution in [0.1, 0.15) is 0 Å². The number of nitrogens with one attached hydrogen (secondary N) is 1. The molecule has 0 heterocycles. The molecule has 0 spiro atoms. The van der Waals surface area contributed by atoms with Gasteiger partial charge in [0, 0.05) is 0 Å². The Morgan fingerprint density at radius 2 is 2.17 bits per heavy atom. The Morgan fingerprint density at radius 1 is 1.67 bits per heavy atom. The minimum absolute atomic E-state index is 0.844. The predicted molar refractivity (Wildman–Crippen MR) is 29.0 cm³/mol. The van der Waals surface area contributed by atoms with Crippen molar-refractivity contribution in [3.05, 3.63) is 0 Å². The number of nitrogens with zero attached hydrogens (tertiary/aromatic N) is 1. The third-order valence-corrected chi connectivity index (χ3v) is 0.968. The lowest BCUT2D eigenvalue weighted by atomic mass is 11.6. The van der Waals surface area contributed by atoms with E-state index >= 15 is 0 Å². The average molecular weight is 100 g/mol. The lowest BCUT2D eigenvalue weighted by molar-refractivity contribution is 1.55. The molecule has 0 bridgehead atoms. The molecule has 0 atom stereocenters. The monoisotopic (exact) mass is 100 g/mol. The molecule has 0 saturated carbocycles. The molecular formula is C3H8N2Si. The first-order chi connectivity index (χ1) is 2.77. The van der Waals surface area contributed by atoms with Crippen molar-refractivity contribution in [2.75, 3.05) is 0 Å². The van der Waals surface area contributed by atoms with Gasteiger partial charge in [-0.3, -0.25) is 4.66 Å². The number of hydrogen-bond acceptors (Lipinski definition) is 2. The summed E-state index contributed by atoms with van der Waals surface area (Å²) in [7, 11) is -0.844. The zero-order chi connectivity index (χ0) is 4.99. The van der Waals surface area contributed by atoms with Crippen LogP contribution in [0.3, 0.4) is 0 Å². The number of hydrogen-bond donors (Lipinski definition) is 1. The minimum atomic E-state index is -0.844. The van der Waals surface area contributed by atoms with Gasteiger partial charge >= 0.3 is 0 Å². The highest BCUT2D eigenvalue weighted by atomic mass is 28.3. The van der Waals surface area contributed by atoms with Gasteiger partial charge in [0.15, 0.2) is 8.96 Å². The Balaban J connectivity index is 3.29. The molecule has 0 aliphatic carbocycles. The smallest absolute Gasteiger partial charge is 0.174 e. The first-order valence-electron chi connectivity index (χ1n) is 1.89. The third-order valence-electron chi connectivity index (χ3n) is 0.323. The standard InChI is InChI=1S/C3H8N2Si/c1-6(2)5-3-4/h4,6H,1-2H3. The second kappa shape index (κ2) is 2.81. The second-order valence-corrected chi connectivity index (χ2v) is 3.78. The van der Waals surface area contributed by atoms with Crippen LogP contribution in [-0.2, 0) is 0 Å². The van der Waals surface area contributed by atoms with Crippen LogP contribution in [-0.4, -0.2) is 15.0 Å². The van der Waals surface area contributed by atoms with Gasteiger partial charge in [-0.1, -0.05) is 13.1 Å². The lowest BCUT2D eigenvalue weighted by Gasteiger charge is -1.80. The summed E-state index contributed by atoms with van der Waals surface area (Å²) in [5, 5.41) is 6.35. The van der Waals surface area contributed by atoms with E-state index in [1.165, 1.54) is 0 Å². The molecule has 0 aliphatic heterocycles. The van der Waals surface area contributed by atoms with Crippen LogP contribution in [0.25, 0.3) is 0 Å². The summed E-state index contributed by atoms with van der Waals surface area (Å²) < 4.78 is 3.68. The molecule has 34 valence electrons. The first-order valence-corrected chi connectivity index (χ1v) is 4.71. The Morgan fingerprint density at radius 3 is 2.17 bits per heavy atom. The first kappa shape index (κ1) is 5.60. The van der Waals surface area contributed by atoms with E-state index in [4.69, 9.17) is 5.41 Å². The van der Waals surface area contributed by atoms with Crippen molar-refractivity contribution in [1.82, 2.24) is 0 Å². The third kappa shape index (κ3) is 3.60. The van der Waals surface area contributed by atoms with Gasteiger partial charge < -0.3 is 0 Å². The van der Waals surface area contributed by atoms with Crippen molar-refractivity contribution in [2.24, 2.45) is 4.66 Å². The van der Waals surface area contributed by atoms with Crippen molar-refractivity contribution in [1.29, 1.82) is 5.41 Å². The SMILES string of the molecule is C[SiH](C)N=C=N. The van der Waals surface area contributed by atoms with E-state index in [0.717, 1.165) is 0 Å². The summed E-state index contributed by atoms with van der Waals surface area (Å²) in [6.45, 7) is 4.09. The largest absolute Gasteiger partial charge is 0.271 e. The van der Waals surface area contributed by atoms with Crippen LogP contribution < -0.4 is 0 Å². The Bertz CT molecular complexity index is 72.9. The fraction of sp³-hybridized carbons (Fsp3) is 0.667. The summed E-state index contributed by atoms with van der Waals surface area (Å²) in [4.78, 5) is 0. The van der Waals surface area contributed by atoms with Gasteiger partial charge in [-0.2, -0.15) is 0 Å². The second-order valence-electron chi connectivity index (χ2n) is 1.33. The molecule has 0 fully saturated rings. The molecular weight excluding hydrogens is 92.1 g/mol. The molecule has 0 aromatic rings. The van der Waals surface area contributed by atoms with Crippen LogP contribution >= 0.6 is 0 Å². The molecule has 1 N–H and O–H groups in total. The predicted octanol–water partition coefficient (Wildman–Crippen LogP) is 0.722. The number of rotatable bonds is 1. The van der Waals surface area contributed by atoms with E-state index in [1.807, 2.05) is 19.1 Å². The molecule has 6 heavy (non-hydrogen) atoms. The molecule has 2 nitrogen and oxygen atoms in total. The van der Waals surface area contributed by atoms with E-state index in [9.17, 15) is 0 Å². The fourth-order valence-electron chi connectivity index (χ4n) is 0.129. The normalized spacial score (nSPS) is 7.83. The Labute approximate surface area is 39.1 Å². The van der Waals surface area contributed by atoms with Crippen molar-refractivity contribution in [3.63, 3.8) is 0 Å². The van der Waals surface area contributed by atoms with E-state index in [2.05, 4.69) is 4.66 Å². The van der Waals surface area contributed by atoms with E-state index in [0.29, 0.717) is 0 Å². The molecule has 0 aromatic carbocycles. The van der Waals surface area contributed by atoms with Crippen molar-refractivity contribution in [3.8, 4) is 0 Å². The zero-order valence-electron chi connectivity index (χ0n) is 4.02. The van der Waals surface area contributed by atoms with E-state index in [-0.39, 0.29) is 0 Å². The molecule has 0 aromatic heterocycles. The maximum atomic E-state index is 6.35. The highest BCUT2D eigenvalue weighted by molar-refractivity contribution is 6.54. The van der Waals surface area contributed by atoms with Crippen LogP contribution in [0.4, 0.5) is 0 Å². The van der Waals surface area contributed by atoms with Crippen LogP contribution in [0.2, 0.25) is 13.1 Å². The highest BCUT2D eigenvalue weighted by Gasteiger charge is 1.82. The van der Waals surface area contributed by atoms with Gasteiger partial charge in [0.2, 0.25) is 0 Å². The average Bonchev–Trinajstić information content (AvgIpc) is 1.35. The molecule has 0 unspecified atom stereocenters. The van der Waals surface area contributed by atoms with Gasteiger partial charge in [0.25, 0.3) is 0 Å². The zero-order valence-corrected chi connectivity index (χ0v) is 5.18. The maximum absolute atomic E-state index is 6.35. The van der Waals surface area contributed by atoms with Crippen molar-refractivity contribution >= 4 is 15.0 Å². The van der Waals surface area contributed by atoms with E-state index in [1.54, 1.807) is 0 Å². The molecule has 3 heteroatoms. The Kier molecular flexibility index (Phi) is 2.63. The Hall–Kier alpha value is -0.403.